The zero-order valence-electron chi connectivity index (χ0n) is 11.4. The van der Waals surface area contributed by atoms with Crippen LogP contribution in [0.4, 0.5) is 5.69 Å². The lowest BCUT2D eigenvalue weighted by Crippen LogP contribution is -2.53. The maximum absolute atomic E-state index is 12.0. The molecule has 1 aromatic carbocycles. The average molecular weight is 312 g/mol. The average Bonchev–Trinajstić information content (AvgIpc) is 2.44. The highest BCUT2D eigenvalue weighted by Crippen LogP contribution is 2.25. The lowest BCUT2D eigenvalue weighted by Gasteiger charge is -2.33. The van der Waals surface area contributed by atoms with Crippen LogP contribution in [0.2, 0.25) is 5.02 Å². The first-order valence-electron chi connectivity index (χ1n) is 6.40. The Bertz CT molecular complexity index is 605. The highest BCUT2D eigenvalue weighted by atomic mass is 35.5. The molecule has 0 unspecified atom stereocenters. The first kappa shape index (κ1) is 15.2. The molecule has 21 heavy (non-hydrogen) atoms. The van der Waals surface area contributed by atoms with Gasteiger partial charge in [-0.1, -0.05) is 17.7 Å². The molecule has 0 atom stereocenters. The molecule has 0 saturated carbocycles. The van der Waals surface area contributed by atoms with E-state index < -0.39 is 4.92 Å². The fourth-order valence-electron chi connectivity index (χ4n) is 2.15. The lowest BCUT2D eigenvalue weighted by molar-refractivity contribution is -0.384. The highest BCUT2D eigenvalue weighted by Gasteiger charge is 2.29. The van der Waals surface area contributed by atoms with E-state index in [1.54, 1.807) is 6.07 Å². The van der Waals surface area contributed by atoms with Crippen molar-refractivity contribution in [3.63, 3.8) is 0 Å². The number of piperazine rings is 1. The van der Waals surface area contributed by atoms with Crippen molar-refractivity contribution in [1.29, 1.82) is 0 Å². The Balaban J connectivity index is 2.15. The molecule has 8 heteroatoms. The van der Waals surface area contributed by atoms with Crippen molar-refractivity contribution < 1.29 is 14.5 Å². The van der Waals surface area contributed by atoms with Gasteiger partial charge in [-0.25, -0.2) is 0 Å². The molecule has 0 spiro atoms. The number of carbonyl (C=O) groups is 2. The molecule has 0 aliphatic carbocycles. The largest absolute Gasteiger partial charge is 0.332 e. The van der Waals surface area contributed by atoms with Crippen LogP contribution in [0, 0.1) is 10.1 Å². The molecule has 2 amide bonds. The smallest absolute Gasteiger partial charge is 0.288 e. The SMILES string of the molecule is CCN1CC(=O)N(Cc2ccc(Cl)c([N+](=O)[O-])c2)CC1=O. The summed E-state index contributed by atoms with van der Waals surface area (Å²) in [6.07, 6.45) is 0. The van der Waals surface area contributed by atoms with Gasteiger partial charge in [0, 0.05) is 19.2 Å². The maximum atomic E-state index is 12.0. The number of nitrogens with zero attached hydrogens (tertiary/aromatic N) is 3. The van der Waals surface area contributed by atoms with Crippen LogP contribution in [0.5, 0.6) is 0 Å². The first-order valence-corrected chi connectivity index (χ1v) is 6.78. The minimum Gasteiger partial charge on any atom is -0.332 e. The Hall–Kier alpha value is -2.15. The van der Waals surface area contributed by atoms with Crippen molar-refractivity contribution in [1.82, 2.24) is 9.80 Å². The van der Waals surface area contributed by atoms with Crippen LogP contribution >= 0.6 is 11.6 Å². The molecule has 0 N–H and O–H groups in total. The second kappa shape index (κ2) is 6.09. The predicted octanol–water partition coefficient (Wildman–Crippen LogP) is 1.44. The molecule has 7 nitrogen and oxygen atoms in total. The fraction of sp³-hybridized carbons (Fsp3) is 0.385. The Labute approximate surface area is 126 Å². The standard InChI is InChI=1S/C13H14ClN3O4/c1-2-15-7-13(19)16(8-12(15)18)6-9-3-4-10(14)11(5-9)17(20)21/h3-5H,2,6-8H2,1H3. The molecule has 0 aromatic heterocycles. The number of hydrogen-bond acceptors (Lipinski definition) is 4. The van der Waals surface area contributed by atoms with Crippen molar-refractivity contribution in [2.24, 2.45) is 0 Å². The molecule has 1 aliphatic rings. The van der Waals surface area contributed by atoms with Crippen LogP contribution in [-0.4, -0.2) is 46.2 Å². The Kier molecular flexibility index (Phi) is 4.42. The van der Waals surface area contributed by atoms with Crippen molar-refractivity contribution >= 4 is 29.1 Å². The topological polar surface area (TPSA) is 83.8 Å². The van der Waals surface area contributed by atoms with Gasteiger partial charge in [0.15, 0.2) is 0 Å². The van der Waals surface area contributed by atoms with Gasteiger partial charge < -0.3 is 9.80 Å². The van der Waals surface area contributed by atoms with E-state index in [0.29, 0.717) is 12.1 Å². The lowest BCUT2D eigenvalue weighted by atomic mass is 10.1. The summed E-state index contributed by atoms with van der Waals surface area (Å²) in [4.78, 5) is 36.9. The van der Waals surface area contributed by atoms with Gasteiger partial charge in [-0.15, -0.1) is 0 Å². The summed E-state index contributed by atoms with van der Waals surface area (Å²) >= 11 is 5.74. The van der Waals surface area contributed by atoms with Gasteiger partial charge >= 0.3 is 0 Å². The van der Waals surface area contributed by atoms with E-state index in [9.17, 15) is 19.7 Å². The third-order valence-corrected chi connectivity index (χ3v) is 3.64. The quantitative estimate of drug-likeness (QED) is 0.622. The monoisotopic (exact) mass is 311 g/mol. The molecule has 1 aromatic rings. The van der Waals surface area contributed by atoms with Crippen LogP contribution in [0.15, 0.2) is 18.2 Å². The van der Waals surface area contributed by atoms with Crippen LogP contribution in [0.3, 0.4) is 0 Å². The van der Waals surface area contributed by atoms with E-state index in [4.69, 9.17) is 11.6 Å². The van der Waals surface area contributed by atoms with Crippen molar-refractivity contribution in [2.45, 2.75) is 13.5 Å². The summed E-state index contributed by atoms with van der Waals surface area (Å²) in [5.41, 5.74) is 0.359. The minimum absolute atomic E-state index is 0.0108. The van der Waals surface area contributed by atoms with Crippen LogP contribution in [0.25, 0.3) is 0 Å². The van der Waals surface area contributed by atoms with E-state index in [-0.39, 0.29) is 42.2 Å². The zero-order valence-corrected chi connectivity index (χ0v) is 12.2. The summed E-state index contributed by atoms with van der Waals surface area (Å²) in [5.74, 6) is -0.297. The van der Waals surface area contributed by atoms with Gasteiger partial charge in [-0.3, -0.25) is 19.7 Å². The van der Waals surface area contributed by atoms with E-state index in [1.807, 2.05) is 6.92 Å². The number of benzene rings is 1. The molecule has 0 radical (unpaired) electrons. The normalized spacial score (nSPS) is 15.5. The van der Waals surface area contributed by atoms with E-state index in [2.05, 4.69) is 0 Å². The van der Waals surface area contributed by atoms with Gasteiger partial charge in [0.1, 0.15) is 11.6 Å². The number of halogens is 1. The Morgan fingerprint density at radius 1 is 1.24 bits per heavy atom. The molecule has 1 aliphatic heterocycles. The van der Waals surface area contributed by atoms with E-state index in [0.717, 1.165) is 0 Å². The molecule has 0 bridgehead atoms. The molecule has 1 fully saturated rings. The second-order valence-electron chi connectivity index (χ2n) is 4.70. The van der Waals surface area contributed by atoms with Gasteiger partial charge in [0.2, 0.25) is 11.8 Å². The van der Waals surface area contributed by atoms with E-state index >= 15 is 0 Å². The number of rotatable bonds is 4. The third-order valence-electron chi connectivity index (χ3n) is 3.32. The predicted molar refractivity (Wildman–Crippen MR) is 75.8 cm³/mol. The van der Waals surface area contributed by atoms with Gasteiger partial charge in [0.05, 0.1) is 11.5 Å². The number of carbonyl (C=O) groups excluding carboxylic acids is 2. The van der Waals surface area contributed by atoms with Gasteiger partial charge in [0.25, 0.3) is 5.69 Å². The number of hydrogen-bond donors (Lipinski definition) is 0. The molecule has 2 rings (SSSR count). The third kappa shape index (κ3) is 3.30. The molecule has 1 saturated heterocycles. The maximum Gasteiger partial charge on any atom is 0.288 e. The Morgan fingerprint density at radius 3 is 2.48 bits per heavy atom. The summed E-state index contributed by atoms with van der Waals surface area (Å²) in [6, 6.07) is 4.36. The van der Waals surface area contributed by atoms with Crippen molar-refractivity contribution in [2.75, 3.05) is 19.6 Å². The Morgan fingerprint density at radius 2 is 1.86 bits per heavy atom. The van der Waals surface area contributed by atoms with Gasteiger partial charge in [-0.05, 0) is 18.6 Å². The van der Waals surface area contributed by atoms with E-state index in [1.165, 1.54) is 21.9 Å². The van der Waals surface area contributed by atoms with Crippen molar-refractivity contribution in [3.8, 4) is 0 Å². The van der Waals surface area contributed by atoms with Crippen molar-refractivity contribution in [3.05, 3.63) is 38.9 Å². The summed E-state index contributed by atoms with van der Waals surface area (Å²) < 4.78 is 0. The molecule has 112 valence electrons. The molecular weight excluding hydrogens is 298 g/mol. The van der Waals surface area contributed by atoms with Crippen LogP contribution in [-0.2, 0) is 16.1 Å². The van der Waals surface area contributed by atoms with Crippen LogP contribution in [0.1, 0.15) is 12.5 Å². The number of nitro groups is 1. The summed E-state index contributed by atoms with van der Waals surface area (Å²) in [7, 11) is 0. The van der Waals surface area contributed by atoms with Gasteiger partial charge in [-0.2, -0.15) is 0 Å². The second-order valence-corrected chi connectivity index (χ2v) is 5.11. The zero-order chi connectivity index (χ0) is 15.6. The number of nitro benzene ring substituents is 1. The minimum atomic E-state index is -0.576. The number of amides is 2. The first-order chi connectivity index (χ1) is 9.92. The summed E-state index contributed by atoms with van der Waals surface area (Å²) in [6.45, 7) is 2.49. The molecular formula is C13H14ClN3O4. The van der Waals surface area contributed by atoms with Crippen LogP contribution < -0.4 is 0 Å². The fourth-order valence-corrected chi connectivity index (χ4v) is 2.34. The summed E-state index contributed by atoms with van der Waals surface area (Å²) in [5, 5.41) is 10.9. The molecule has 1 heterocycles. The highest BCUT2D eigenvalue weighted by molar-refractivity contribution is 6.32. The number of likely N-dealkylation sites (N-methyl/N-ethyl adjacent to an activating group) is 1.